The predicted molar refractivity (Wildman–Crippen MR) is 211 cm³/mol. The van der Waals surface area contributed by atoms with Gasteiger partial charge in [-0.3, -0.25) is 4.79 Å². The monoisotopic (exact) mass is 695 g/mol. The second-order valence-electron chi connectivity index (χ2n) is 19.4. The van der Waals surface area contributed by atoms with Gasteiger partial charge in [-0.25, -0.2) is 0 Å². The van der Waals surface area contributed by atoms with Crippen LogP contribution in [0.3, 0.4) is 0 Å². The molecule has 0 bridgehead atoms. The van der Waals surface area contributed by atoms with Crippen molar-refractivity contribution in [3.63, 3.8) is 0 Å². The van der Waals surface area contributed by atoms with Gasteiger partial charge in [0.25, 0.3) is 0 Å². The Kier molecular flexibility index (Phi) is 14.9. The molecule has 0 radical (unpaired) electrons. The SMILES string of the molecule is CCCCCCCC/C=C\CCCCCCCC(=O)O[C@H]1CC[C@]2(C)[C@H]3CC[C@]4(C)[C@@H]([C@H](C)CC[C@@H](CC)C(C)C)CC[C@H]4[C@@H]3C[C@H]3O[C@]32C1. The van der Waals surface area contributed by atoms with Gasteiger partial charge in [-0.15, -0.1) is 0 Å². The summed E-state index contributed by atoms with van der Waals surface area (Å²) >= 11 is 0. The summed E-state index contributed by atoms with van der Waals surface area (Å²) in [5.74, 6) is 5.97. The quantitative estimate of drug-likeness (QED) is 0.0490. The molecule has 0 aromatic carbocycles. The molecule has 5 aliphatic rings. The van der Waals surface area contributed by atoms with E-state index in [9.17, 15) is 4.79 Å². The van der Waals surface area contributed by atoms with Gasteiger partial charge < -0.3 is 9.47 Å². The fourth-order valence-electron chi connectivity index (χ4n) is 13.0. The van der Waals surface area contributed by atoms with E-state index in [0.29, 0.717) is 17.9 Å². The van der Waals surface area contributed by atoms with Crippen molar-refractivity contribution in [2.75, 3.05) is 0 Å². The van der Waals surface area contributed by atoms with Crippen molar-refractivity contribution in [1.82, 2.24) is 0 Å². The number of carbonyl (C=O) groups excluding carboxylic acids is 1. The number of unbranched alkanes of at least 4 members (excludes halogenated alkanes) is 11. The molecule has 0 aromatic heterocycles. The number of ether oxygens (including phenoxy) is 2. The molecule has 50 heavy (non-hydrogen) atoms. The number of esters is 1. The zero-order valence-electron chi connectivity index (χ0n) is 34.3. The van der Waals surface area contributed by atoms with Gasteiger partial charge in [-0.05, 0) is 130 Å². The van der Waals surface area contributed by atoms with Crippen molar-refractivity contribution >= 4 is 5.97 Å². The van der Waals surface area contributed by atoms with Crippen LogP contribution in [0.5, 0.6) is 0 Å². The summed E-state index contributed by atoms with van der Waals surface area (Å²) in [6.45, 7) is 17.4. The number of allylic oxidation sites excluding steroid dienone is 2. The minimum atomic E-state index is -0.0223. The highest BCUT2D eigenvalue weighted by Crippen LogP contribution is 2.74. The Morgan fingerprint density at radius 2 is 1.48 bits per heavy atom. The third kappa shape index (κ3) is 9.09. The van der Waals surface area contributed by atoms with Crippen molar-refractivity contribution < 1.29 is 14.3 Å². The maximum atomic E-state index is 12.9. The van der Waals surface area contributed by atoms with Gasteiger partial charge in [0.15, 0.2) is 0 Å². The first-order chi connectivity index (χ1) is 24.1. The zero-order chi connectivity index (χ0) is 35.8. The lowest BCUT2D eigenvalue weighted by Gasteiger charge is -2.59. The third-order valence-corrected chi connectivity index (χ3v) is 16.2. The first-order valence-corrected chi connectivity index (χ1v) is 22.6. The second kappa shape index (κ2) is 18.5. The van der Waals surface area contributed by atoms with E-state index in [4.69, 9.17) is 9.47 Å². The van der Waals surface area contributed by atoms with E-state index < -0.39 is 0 Å². The molecule has 0 N–H and O–H groups in total. The van der Waals surface area contributed by atoms with Gasteiger partial charge in [0.1, 0.15) is 11.7 Å². The number of hydrogen-bond donors (Lipinski definition) is 0. The Morgan fingerprint density at radius 3 is 2.16 bits per heavy atom. The van der Waals surface area contributed by atoms with E-state index in [0.717, 1.165) is 67.1 Å². The van der Waals surface area contributed by atoms with Crippen LogP contribution >= 0.6 is 0 Å². The van der Waals surface area contributed by atoms with Gasteiger partial charge in [0.05, 0.1) is 6.10 Å². The summed E-state index contributed by atoms with van der Waals surface area (Å²) in [5.41, 5.74) is 0.747. The van der Waals surface area contributed by atoms with E-state index in [1.54, 1.807) is 0 Å². The molecule has 1 spiro atoms. The molecule has 5 fully saturated rings. The summed E-state index contributed by atoms with van der Waals surface area (Å²) in [6.07, 6.45) is 36.8. The largest absolute Gasteiger partial charge is 0.462 e. The van der Waals surface area contributed by atoms with Gasteiger partial charge in [0, 0.05) is 18.3 Å². The molecule has 4 aliphatic carbocycles. The van der Waals surface area contributed by atoms with Gasteiger partial charge >= 0.3 is 5.97 Å². The molecule has 0 aromatic rings. The molecule has 1 aliphatic heterocycles. The van der Waals surface area contributed by atoms with E-state index in [-0.39, 0.29) is 23.1 Å². The Labute approximate surface area is 310 Å². The van der Waals surface area contributed by atoms with Crippen LogP contribution in [0.15, 0.2) is 12.2 Å². The molecule has 288 valence electrons. The molecule has 3 heteroatoms. The minimum absolute atomic E-state index is 0.0223. The number of carbonyl (C=O) groups is 1. The summed E-state index contributed by atoms with van der Waals surface area (Å²) < 4.78 is 13.0. The molecule has 0 unspecified atom stereocenters. The van der Waals surface area contributed by atoms with E-state index >= 15 is 0 Å². The Hall–Kier alpha value is -0.830. The Morgan fingerprint density at radius 1 is 0.800 bits per heavy atom. The van der Waals surface area contributed by atoms with Gasteiger partial charge in [0.2, 0.25) is 0 Å². The molecule has 3 nitrogen and oxygen atoms in total. The minimum Gasteiger partial charge on any atom is -0.462 e. The highest BCUT2D eigenvalue weighted by molar-refractivity contribution is 5.69. The average Bonchev–Trinajstić information content (AvgIpc) is 3.67. The number of rotatable bonds is 22. The lowest BCUT2D eigenvalue weighted by atomic mass is 9.44. The number of epoxide rings is 1. The van der Waals surface area contributed by atoms with E-state index in [1.165, 1.54) is 128 Å². The fourth-order valence-corrected chi connectivity index (χ4v) is 13.0. The zero-order valence-corrected chi connectivity index (χ0v) is 34.3. The number of fused-ring (bicyclic) bond motifs is 4. The van der Waals surface area contributed by atoms with Crippen molar-refractivity contribution in [3.05, 3.63) is 12.2 Å². The topological polar surface area (TPSA) is 38.8 Å². The summed E-state index contributed by atoms with van der Waals surface area (Å²) in [5, 5.41) is 0. The first-order valence-electron chi connectivity index (χ1n) is 22.6. The summed E-state index contributed by atoms with van der Waals surface area (Å²) in [4.78, 5) is 12.9. The van der Waals surface area contributed by atoms with Crippen molar-refractivity contribution in [3.8, 4) is 0 Å². The normalized spacial score (nSPS) is 37.2. The summed E-state index contributed by atoms with van der Waals surface area (Å²) in [6, 6.07) is 0. The van der Waals surface area contributed by atoms with Crippen molar-refractivity contribution in [2.24, 2.45) is 52.3 Å². The average molecular weight is 695 g/mol. The van der Waals surface area contributed by atoms with Crippen LogP contribution in [-0.2, 0) is 14.3 Å². The summed E-state index contributed by atoms with van der Waals surface area (Å²) in [7, 11) is 0. The lowest BCUT2D eigenvalue weighted by molar-refractivity contribution is -0.160. The fraction of sp³-hybridized carbons (Fsp3) is 0.936. The van der Waals surface area contributed by atoms with Crippen LogP contribution in [0.25, 0.3) is 0 Å². The second-order valence-corrected chi connectivity index (χ2v) is 19.4. The van der Waals surface area contributed by atoms with Crippen LogP contribution in [-0.4, -0.2) is 23.8 Å². The molecule has 4 saturated carbocycles. The van der Waals surface area contributed by atoms with Crippen LogP contribution in [0.4, 0.5) is 0 Å². The standard InChI is InChI=1S/C47H82O3/c1-8-10-11-12-13-14-15-16-17-18-19-20-21-22-23-24-44(48)49-38-29-32-46(7)42-30-31-45(6)40(36(5)25-26-37(9-2)35(3)4)27-28-41(45)39(42)33-43-47(46,34-38)50-43/h16-17,35-43H,8-15,18-34H2,1-7H3/b17-16-/t36-,37-,38+,39+,40-,41+,42+,43-,45-,46-,47-/m1/s1. The van der Waals surface area contributed by atoms with Crippen LogP contribution in [0.1, 0.15) is 209 Å². The van der Waals surface area contributed by atoms with Crippen LogP contribution in [0.2, 0.25) is 0 Å². The van der Waals surface area contributed by atoms with Gasteiger partial charge in [-0.2, -0.15) is 0 Å². The predicted octanol–water partition coefficient (Wildman–Crippen LogP) is 13.8. The Balaban J connectivity index is 0.996. The van der Waals surface area contributed by atoms with Gasteiger partial charge in [-0.1, -0.05) is 125 Å². The molecule has 0 amide bonds. The Bertz CT molecular complexity index is 1060. The molecule has 5 rings (SSSR count). The number of hydrogen-bond acceptors (Lipinski definition) is 3. The molecule has 1 heterocycles. The maximum Gasteiger partial charge on any atom is 0.306 e. The molecule has 11 atom stereocenters. The van der Waals surface area contributed by atoms with E-state index in [2.05, 4.69) is 60.6 Å². The molecular weight excluding hydrogens is 613 g/mol. The van der Waals surface area contributed by atoms with Crippen molar-refractivity contribution in [1.29, 1.82) is 0 Å². The lowest BCUT2D eigenvalue weighted by Crippen LogP contribution is -2.59. The van der Waals surface area contributed by atoms with E-state index in [1.807, 2.05) is 0 Å². The maximum absolute atomic E-state index is 12.9. The molecule has 1 saturated heterocycles. The molecular formula is C47H82O3. The smallest absolute Gasteiger partial charge is 0.306 e. The van der Waals surface area contributed by atoms with Crippen LogP contribution in [0, 0.1) is 52.3 Å². The van der Waals surface area contributed by atoms with Crippen LogP contribution < -0.4 is 0 Å². The highest BCUT2D eigenvalue weighted by Gasteiger charge is 2.76. The van der Waals surface area contributed by atoms with Crippen molar-refractivity contribution in [2.45, 2.75) is 227 Å². The first kappa shape index (κ1) is 40.4. The highest BCUT2D eigenvalue weighted by atomic mass is 16.6. The third-order valence-electron chi connectivity index (χ3n) is 16.2.